The van der Waals surface area contributed by atoms with Crippen LogP contribution in [0.3, 0.4) is 0 Å². The second-order valence-corrected chi connectivity index (χ2v) is 7.84. The summed E-state index contributed by atoms with van der Waals surface area (Å²) in [5.41, 5.74) is 5.37. The second-order valence-electron chi connectivity index (χ2n) is 6.76. The Hall–Kier alpha value is -2.31. The Morgan fingerprint density at radius 3 is 2.37 bits per heavy atom. The zero-order chi connectivity index (χ0) is 19.4. The van der Waals surface area contributed by atoms with Gasteiger partial charge < -0.3 is 5.32 Å². The number of hydrogen-bond acceptors (Lipinski definition) is 6. The Morgan fingerprint density at radius 1 is 1.00 bits per heavy atom. The van der Waals surface area contributed by atoms with Crippen LogP contribution in [0.1, 0.15) is 35.5 Å². The molecule has 0 saturated heterocycles. The molecule has 27 heavy (non-hydrogen) atoms. The average Bonchev–Trinajstić information content (AvgIpc) is 2.99. The summed E-state index contributed by atoms with van der Waals surface area (Å²) in [6.07, 6.45) is 1.79. The molecule has 5 nitrogen and oxygen atoms in total. The van der Waals surface area contributed by atoms with Crippen molar-refractivity contribution >= 4 is 23.0 Å². The maximum Gasteiger partial charge on any atom is 0.227 e. The largest absolute Gasteiger partial charge is 0.324 e. The fourth-order valence-electron chi connectivity index (χ4n) is 3.05. The van der Waals surface area contributed by atoms with Crippen LogP contribution >= 0.6 is 11.3 Å². The molecule has 0 aliphatic heterocycles. The lowest BCUT2D eigenvalue weighted by Gasteiger charge is -2.16. The summed E-state index contributed by atoms with van der Waals surface area (Å²) in [4.78, 5) is 17.5. The topological polar surface area (TPSA) is 53.9 Å². The number of aromatic nitrogens is 3. The first-order valence-corrected chi connectivity index (χ1v) is 10.2. The molecular formula is C21H27N5S. The van der Waals surface area contributed by atoms with E-state index in [-0.39, 0.29) is 0 Å². The highest BCUT2D eigenvalue weighted by Crippen LogP contribution is 2.28. The Kier molecular flexibility index (Phi) is 6.19. The van der Waals surface area contributed by atoms with Crippen molar-refractivity contribution in [2.75, 3.05) is 18.4 Å². The predicted molar refractivity (Wildman–Crippen MR) is 114 cm³/mol. The third-order valence-electron chi connectivity index (χ3n) is 4.51. The Morgan fingerprint density at radius 2 is 1.70 bits per heavy atom. The Balaban J connectivity index is 1.83. The molecule has 0 atom stereocenters. The van der Waals surface area contributed by atoms with Gasteiger partial charge in [-0.15, -0.1) is 11.3 Å². The number of aryl methyl sites for hydroxylation is 3. The first-order chi connectivity index (χ1) is 13.0. The van der Waals surface area contributed by atoms with Gasteiger partial charge in [0, 0.05) is 23.3 Å². The minimum atomic E-state index is 0.593. The monoisotopic (exact) mass is 381 g/mol. The summed E-state index contributed by atoms with van der Waals surface area (Å²) in [5, 5.41) is 4.26. The number of nitrogens with one attached hydrogen (secondary N) is 1. The smallest absolute Gasteiger partial charge is 0.227 e. The third-order valence-corrected chi connectivity index (χ3v) is 5.67. The van der Waals surface area contributed by atoms with Crippen LogP contribution in [0, 0.1) is 20.8 Å². The summed E-state index contributed by atoms with van der Waals surface area (Å²) in [6, 6.07) is 8.27. The molecular weight excluding hydrogens is 354 g/mol. The number of rotatable bonds is 7. The molecule has 1 aromatic carbocycles. The molecule has 0 unspecified atom stereocenters. The van der Waals surface area contributed by atoms with E-state index in [9.17, 15) is 0 Å². The molecule has 0 spiro atoms. The minimum absolute atomic E-state index is 0.593. The maximum atomic E-state index is 4.75. The number of anilines is 2. The lowest BCUT2D eigenvalue weighted by Crippen LogP contribution is -2.21. The quantitative estimate of drug-likeness (QED) is 0.616. The van der Waals surface area contributed by atoms with E-state index in [0.29, 0.717) is 5.95 Å². The van der Waals surface area contributed by atoms with Crippen molar-refractivity contribution in [3.05, 3.63) is 52.2 Å². The SMILES string of the molecule is CCN(CC)Cc1sc(-c2ccnc(Nc3cc(C)cc(C)c3)n2)nc1C. The predicted octanol–water partition coefficient (Wildman–Crippen LogP) is 5.11. The summed E-state index contributed by atoms with van der Waals surface area (Å²) >= 11 is 1.72. The van der Waals surface area contributed by atoms with Crippen molar-refractivity contribution in [1.82, 2.24) is 19.9 Å². The van der Waals surface area contributed by atoms with Gasteiger partial charge in [-0.2, -0.15) is 0 Å². The van der Waals surface area contributed by atoms with E-state index in [4.69, 9.17) is 4.98 Å². The minimum Gasteiger partial charge on any atom is -0.324 e. The Bertz CT molecular complexity index is 894. The molecule has 2 aromatic heterocycles. The van der Waals surface area contributed by atoms with Crippen molar-refractivity contribution in [2.24, 2.45) is 0 Å². The van der Waals surface area contributed by atoms with Crippen LogP contribution in [0.25, 0.3) is 10.7 Å². The van der Waals surface area contributed by atoms with Crippen molar-refractivity contribution in [1.29, 1.82) is 0 Å². The van der Waals surface area contributed by atoms with Gasteiger partial charge in [-0.1, -0.05) is 19.9 Å². The van der Waals surface area contributed by atoms with E-state index in [2.05, 4.69) is 73.0 Å². The maximum absolute atomic E-state index is 4.75. The molecule has 1 N–H and O–H groups in total. The molecule has 2 heterocycles. The highest BCUT2D eigenvalue weighted by atomic mass is 32.1. The molecule has 0 aliphatic rings. The number of benzene rings is 1. The number of hydrogen-bond donors (Lipinski definition) is 1. The first-order valence-electron chi connectivity index (χ1n) is 9.35. The van der Waals surface area contributed by atoms with Crippen LogP contribution in [-0.4, -0.2) is 32.9 Å². The summed E-state index contributed by atoms with van der Waals surface area (Å²) in [7, 11) is 0. The van der Waals surface area contributed by atoms with Crippen LogP contribution in [0.2, 0.25) is 0 Å². The van der Waals surface area contributed by atoms with Gasteiger partial charge in [-0.3, -0.25) is 4.90 Å². The van der Waals surface area contributed by atoms with Crippen molar-refractivity contribution in [3.8, 4) is 10.7 Å². The van der Waals surface area contributed by atoms with Gasteiger partial charge in [-0.05, 0) is 63.2 Å². The second kappa shape index (κ2) is 8.59. The molecule has 0 amide bonds. The molecule has 0 saturated carbocycles. The van der Waals surface area contributed by atoms with Crippen molar-refractivity contribution < 1.29 is 0 Å². The zero-order valence-corrected chi connectivity index (χ0v) is 17.5. The van der Waals surface area contributed by atoms with Gasteiger partial charge in [0.1, 0.15) is 10.7 Å². The van der Waals surface area contributed by atoms with Gasteiger partial charge >= 0.3 is 0 Å². The average molecular weight is 382 g/mol. The number of nitrogens with zero attached hydrogens (tertiary/aromatic N) is 4. The third kappa shape index (κ3) is 4.90. The normalized spacial score (nSPS) is 11.2. The fourth-order valence-corrected chi connectivity index (χ4v) is 4.12. The number of thiazole rings is 1. The fraction of sp³-hybridized carbons (Fsp3) is 0.381. The van der Waals surface area contributed by atoms with E-state index < -0.39 is 0 Å². The lowest BCUT2D eigenvalue weighted by molar-refractivity contribution is 0.298. The highest BCUT2D eigenvalue weighted by molar-refractivity contribution is 7.15. The molecule has 0 bridgehead atoms. The van der Waals surface area contributed by atoms with Crippen LogP contribution in [0.15, 0.2) is 30.5 Å². The van der Waals surface area contributed by atoms with E-state index in [1.54, 1.807) is 17.5 Å². The molecule has 3 rings (SSSR count). The van der Waals surface area contributed by atoms with E-state index in [1.807, 2.05) is 6.07 Å². The van der Waals surface area contributed by atoms with E-state index in [0.717, 1.165) is 41.7 Å². The van der Waals surface area contributed by atoms with Crippen molar-refractivity contribution in [3.63, 3.8) is 0 Å². The van der Waals surface area contributed by atoms with E-state index >= 15 is 0 Å². The van der Waals surface area contributed by atoms with Gasteiger partial charge in [0.25, 0.3) is 0 Å². The summed E-state index contributed by atoms with van der Waals surface area (Å²) < 4.78 is 0. The molecule has 6 heteroatoms. The first kappa shape index (κ1) is 19.5. The van der Waals surface area contributed by atoms with E-state index in [1.165, 1.54) is 16.0 Å². The van der Waals surface area contributed by atoms with Gasteiger partial charge in [0.2, 0.25) is 5.95 Å². The van der Waals surface area contributed by atoms with Crippen LogP contribution < -0.4 is 5.32 Å². The summed E-state index contributed by atoms with van der Waals surface area (Å²) in [6.45, 7) is 13.7. The highest BCUT2D eigenvalue weighted by Gasteiger charge is 2.13. The zero-order valence-electron chi connectivity index (χ0n) is 16.7. The standard InChI is InChI=1S/C21H27N5S/c1-6-26(7-2)13-19-16(5)23-20(27-19)18-8-9-22-21(25-18)24-17-11-14(3)10-15(4)12-17/h8-12H,6-7,13H2,1-5H3,(H,22,24,25). The molecule has 142 valence electrons. The lowest BCUT2D eigenvalue weighted by atomic mass is 10.1. The van der Waals surface area contributed by atoms with Crippen LogP contribution in [0.4, 0.5) is 11.6 Å². The van der Waals surface area contributed by atoms with Crippen LogP contribution in [-0.2, 0) is 6.54 Å². The molecule has 3 aromatic rings. The molecule has 0 aliphatic carbocycles. The molecule has 0 radical (unpaired) electrons. The van der Waals surface area contributed by atoms with Gasteiger partial charge in [0.05, 0.1) is 5.69 Å². The molecule has 0 fully saturated rings. The summed E-state index contributed by atoms with van der Waals surface area (Å²) in [5.74, 6) is 0.593. The van der Waals surface area contributed by atoms with Crippen LogP contribution in [0.5, 0.6) is 0 Å². The Labute approximate surface area is 165 Å². The van der Waals surface area contributed by atoms with Gasteiger partial charge in [-0.25, -0.2) is 15.0 Å². The van der Waals surface area contributed by atoms with Crippen molar-refractivity contribution in [2.45, 2.75) is 41.2 Å². The van der Waals surface area contributed by atoms with Gasteiger partial charge in [0.15, 0.2) is 0 Å².